The molecule has 0 aliphatic rings. The zero-order chi connectivity index (χ0) is 17.5. The van der Waals surface area contributed by atoms with Gasteiger partial charge in [0.05, 0.1) is 22.1 Å². The third-order valence-corrected chi connectivity index (χ3v) is 4.73. The Kier molecular flexibility index (Phi) is 6.15. The SMILES string of the molecule is COc1ccc(NC(=O)P(C)C(=O)Nc2ccc(OC)cc2)cc1. The van der Waals surface area contributed by atoms with Crippen molar-refractivity contribution in [3.8, 4) is 11.5 Å². The predicted octanol–water partition coefficient (Wildman–Crippen LogP) is 4.58. The molecular formula is C17H19N2O4P. The number of carbonyl (C=O) groups excluding carboxylic acids is 2. The molecule has 2 aromatic carbocycles. The lowest BCUT2D eigenvalue weighted by Gasteiger charge is -2.13. The molecule has 126 valence electrons. The normalized spacial score (nSPS) is 10.2. The number of hydrogen-bond acceptors (Lipinski definition) is 4. The van der Waals surface area contributed by atoms with Crippen LogP contribution in [-0.4, -0.2) is 32.2 Å². The number of amides is 2. The van der Waals surface area contributed by atoms with E-state index >= 15 is 0 Å². The van der Waals surface area contributed by atoms with Gasteiger partial charge in [-0.2, -0.15) is 0 Å². The number of ether oxygens (including phenoxy) is 2. The van der Waals surface area contributed by atoms with Crippen LogP contribution >= 0.6 is 7.92 Å². The molecule has 0 unspecified atom stereocenters. The Labute approximate surface area is 141 Å². The highest BCUT2D eigenvalue weighted by atomic mass is 31.1. The fourth-order valence-electron chi connectivity index (χ4n) is 1.86. The van der Waals surface area contributed by atoms with E-state index < -0.39 is 7.92 Å². The molecule has 0 saturated heterocycles. The molecule has 7 heteroatoms. The highest BCUT2D eigenvalue weighted by Crippen LogP contribution is 2.35. The van der Waals surface area contributed by atoms with E-state index in [1.807, 2.05) is 0 Å². The minimum absolute atomic E-state index is 0.318. The molecule has 0 aliphatic carbocycles. The van der Waals surface area contributed by atoms with Crippen LogP contribution in [0.25, 0.3) is 0 Å². The molecule has 6 nitrogen and oxygen atoms in total. The highest BCUT2D eigenvalue weighted by Gasteiger charge is 2.21. The summed E-state index contributed by atoms with van der Waals surface area (Å²) in [6, 6.07) is 13.9. The summed E-state index contributed by atoms with van der Waals surface area (Å²) in [5.74, 6) is 1.40. The minimum atomic E-state index is -1.54. The lowest BCUT2D eigenvalue weighted by Crippen LogP contribution is -2.16. The van der Waals surface area contributed by atoms with Gasteiger partial charge < -0.3 is 20.1 Å². The van der Waals surface area contributed by atoms with E-state index in [9.17, 15) is 9.59 Å². The van der Waals surface area contributed by atoms with Gasteiger partial charge in [-0.05, 0) is 55.2 Å². The summed E-state index contributed by atoms with van der Waals surface area (Å²) in [5, 5.41) is 5.46. The van der Waals surface area contributed by atoms with Crippen molar-refractivity contribution in [3.05, 3.63) is 48.5 Å². The van der Waals surface area contributed by atoms with Crippen molar-refractivity contribution in [3.63, 3.8) is 0 Å². The van der Waals surface area contributed by atoms with E-state index in [4.69, 9.17) is 9.47 Å². The Morgan fingerprint density at radius 1 is 0.750 bits per heavy atom. The van der Waals surface area contributed by atoms with Gasteiger partial charge in [0.1, 0.15) is 11.5 Å². The Balaban J connectivity index is 1.94. The molecule has 0 aliphatic heterocycles. The van der Waals surface area contributed by atoms with Gasteiger partial charge in [0.2, 0.25) is 0 Å². The maximum absolute atomic E-state index is 12.2. The first-order valence-corrected chi connectivity index (χ1v) is 8.96. The van der Waals surface area contributed by atoms with Crippen LogP contribution in [0.2, 0.25) is 0 Å². The molecule has 0 heterocycles. The first-order chi connectivity index (χ1) is 11.5. The molecule has 24 heavy (non-hydrogen) atoms. The van der Waals surface area contributed by atoms with Crippen molar-refractivity contribution in [1.82, 2.24) is 0 Å². The van der Waals surface area contributed by atoms with E-state index in [1.165, 1.54) is 0 Å². The summed E-state index contributed by atoms with van der Waals surface area (Å²) in [6.45, 7) is 1.62. The Bertz CT molecular complexity index is 640. The lowest BCUT2D eigenvalue weighted by molar-refractivity contribution is 0.265. The molecule has 2 N–H and O–H groups in total. The van der Waals surface area contributed by atoms with Gasteiger partial charge in [-0.1, -0.05) is 0 Å². The Hall–Kier alpha value is -2.59. The summed E-state index contributed by atoms with van der Waals surface area (Å²) in [5.41, 5.74) is 0.599. The molecule has 2 rings (SSSR count). The zero-order valence-electron chi connectivity index (χ0n) is 13.7. The number of carbonyl (C=O) groups is 2. The van der Waals surface area contributed by atoms with Crippen LogP contribution in [0.15, 0.2) is 48.5 Å². The van der Waals surface area contributed by atoms with Crippen LogP contribution in [0, 0.1) is 0 Å². The second kappa shape index (κ2) is 8.31. The van der Waals surface area contributed by atoms with Crippen molar-refractivity contribution in [2.24, 2.45) is 0 Å². The van der Waals surface area contributed by atoms with Crippen LogP contribution in [-0.2, 0) is 0 Å². The fourth-order valence-corrected chi connectivity index (χ4v) is 2.63. The maximum Gasteiger partial charge on any atom is 0.254 e. The summed E-state index contributed by atoms with van der Waals surface area (Å²) in [4.78, 5) is 24.4. The second-order valence-corrected chi connectivity index (χ2v) is 6.81. The van der Waals surface area contributed by atoms with E-state index in [1.54, 1.807) is 69.4 Å². The molecule has 2 amide bonds. The number of benzene rings is 2. The predicted molar refractivity (Wildman–Crippen MR) is 96.9 cm³/mol. The average Bonchev–Trinajstić information content (AvgIpc) is 2.62. The Morgan fingerprint density at radius 3 is 1.38 bits per heavy atom. The molecule has 0 bridgehead atoms. The Morgan fingerprint density at radius 2 is 1.08 bits per heavy atom. The number of anilines is 2. The smallest absolute Gasteiger partial charge is 0.254 e. The summed E-state index contributed by atoms with van der Waals surface area (Å²) >= 11 is 0. The number of hydrogen-bond donors (Lipinski definition) is 2. The number of methoxy groups -OCH3 is 2. The molecule has 0 aromatic heterocycles. The third kappa shape index (κ3) is 4.70. The van der Waals surface area contributed by atoms with Crippen LogP contribution in [0.4, 0.5) is 21.0 Å². The molecule has 0 fully saturated rings. The summed E-state index contributed by atoms with van der Waals surface area (Å²) < 4.78 is 10.1. The molecule has 0 saturated carbocycles. The molecule has 0 atom stereocenters. The lowest BCUT2D eigenvalue weighted by atomic mass is 10.3. The van der Waals surface area contributed by atoms with Gasteiger partial charge in [0.15, 0.2) is 0 Å². The fraction of sp³-hybridized carbons (Fsp3) is 0.176. The van der Waals surface area contributed by atoms with Crippen LogP contribution < -0.4 is 20.1 Å². The number of rotatable bonds is 6. The van der Waals surface area contributed by atoms with Gasteiger partial charge in [-0.25, -0.2) is 0 Å². The van der Waals surface area contributed by atoms with Gasteiger partial charge in [0.25, 0.3) is 11.3 Å². The maximum atomic E-state index is 12.2. The minimum Gasteiger partial charge on any atom is -0.497 e. The molecule has 0 radical (unpaired) electrons. The standard InChI is InChI=1S/C17H19N2O4P/c1-22-14-8-4-12(5-9-14)18-16(20)24(3)17(21)19-13-6-10-15(23-2)11-7-13/h4-11H,1-3H3,(H,18,20)(H,19,21). The largest absolute Gasteiger partial charge is 0.497 e. The van der Waals surface area contributed by atoms with Gasteiger partial charge in [-0.3, -0.25) is 9.59 Å². The van der Waals surface area contributed by atoms with Gasteiger partial charge >= 0.3 is 0 Å². The van der Waals surface area contributed by atoms with Crippen LogP contribution in [0.1, 0.15) is 0 Å². The summed E-state index contributed by atoms with van der Waals surface area (Å²) in [7, 11) is 1.61. The van der Waals surface area contributed by atoms with E-state index in [2.05, 4.69) is 10.6 Å². The quantitative estimate of drug-likeness (QED) is 0.751. The van der Waals surface area contributed by atoms with Crippen molar-refractivity contribution in [2.45, 2.75) is 0 Å². The average molecular weight is 346 g/mol. The summed E-state index contributed by atoms with van der Waals surface area (Å²) in [6.07, 6.45) is 0. The van der Waals surface area contributed by atoms with Crippen molar-refractivity contribution in [1.29, 1.82) is 0 Å². The van der Waals surface area contributed by atoms with Crippen molar-refractivity contribution < 1.29 is 19.1 Å². The van der Waals surface area contributed by atoms with Crippen LogP contribution in [0.5, 0.6) is 11.5 Å². The zero-order valence-corrected chi connectivity index (χ0v) is 14.6. The molecule has 2 aromatic rings. The van der Waals surface area contributed by atoms with E-state index in [-0.39, 0.29) is 11.3 Å². The first-order valence-electron chi connectivity index (χ1n) is 7.17. The monoisotopic (exact) mass is 346 g/mol. The van der Waals surface area contributed by atoms with Crippen molar-refractivity contribution in [2.75, 3.05) is 31.5 Å². The topological polar surface area (TPSA) is 76.7 Å². The molecule has 0 spiro atoms. The number of nitrogens with one attached hydrogen (secondary N) is 2. The van der Waals surface area contributed by atoms with Crippen molar-refractivity contribution >= 4 is 30.6 Å². The van der Waals surface area contributed by atoms with Gasteiger partial charge in [0, 0.05) is 11.4 Å². The molecular weight excluding hydrogens is 327 g/mol. The third-order valence-electron chi connectivity index (χ3n) is 3.29. The van der Waals surface area contributed by atoms with E-state index in [0.717, 1.165) is 0 Å². The van der Waals surface area contributed by atoms with Gasteiger partial charge in [-0.15, -0.1) is 0 Å². The first kappa shape index (κ1) is 17.8. The van der Waals surface area contributed by atoms with E-state index in [0.29, 0.717) is 22.9 Å². The highest BCUT2D eigenvalue weighted by molar-refractivity contribution is 7.89. The second-order valence-electron chi connectivity index (χ2n) is 4.88. The van der Waals surface area contributed by atoms with Crippen LogP contribution in [0.3, 0.4) is 0 Å².